The average Bonchev–Trinajstić information content (AvgIpc) is 3.63. The molecule has 0 aliphatic carbocycles. The standard InChI is InChI=1S/C28H16N6S2/c1-5-21(6-2-17(1)19-9-13-29-14-10-19)23-25-27(33-35-31-25)24(28-26(23)32-36-34-28)22-7-3-18(4-8-22)20-11-15-30-16-12-20/h1-16H. The van der Waals surface area contributed by atoms with Crippen molar-refractivity contribution in [2.75, 3.05) is 0 Å². The van der Waals surface area contributed by atoms with Gasteiger partial charge in [0.1, 0.15) is 22.4 Å². The Bertz CT molecular complexity index is 1660. The molecule has 0 bridgehead atoms. The van der Waals surface area contributed by atoms with Crippen LogP contribution < -0.4 is 0 Å². The van der Waals surface area contributed by atoms with E-state index in [0.717, 1.165) is 66.9 Å². The fourth-order valence-corrected chi connectivity index (χ4v) is 5.67. The number of pyridine rings is 2. The van der Waals surface area contributed by atoms with Crippen molar-refractivity contribution >= 4 is 45.5 Å². The Morgan fingerprint density at radius 2 is 0.778 bits per heavy atom. The van der Waals surface area contributed by atoms with Crippen LogP contribution in [0.2, 0.25) is 0 Å². The van der Waals surface area contributed by atoms with E-state index >= 15 is 0 Å². The Balaban J connectivity index is 1.36. The van der Waals surface area contributed by atoms with Gasteiger partial charge >= 0.3 is 0 Å². The van der Waals surface area contributed by atoms with Crippen molar-refractivity contribution in [2.24, 2.45) is 8.73 Å². The first kappa shape index (κ1) is 20.9. The fourth-order valence-electron chi connectivity index (χ4n) is 4.55. The van der Waals surface area contributed by atoms with Crippen LogP contribution >= 0.6 is 11.7 Å². The summed E-state index contributed by atoms with van der Waals surface area (Å²) in [4.78, 5) is 8.23. The van der Waals surface area contributed by atoms with E-state index in [-0.39, 0.29) is 0 Å². The average molecular weight is 501 g/mol. The number of nitrogens with zero attached hydrogens (tertiary/aromatic N) is 6. The van der Waals surface area contributed by atoms with Crippen molar-refractivity contribution in [3.63, 3.8) is 0 Å². The molecule has 0 fully saturated rings. The third-order valence-electron chi connectivity index (χ3n) is 6.30. The van der Waals surface area contributed by atoms with Gasteiger partial charge in [0.05, 0.1) is 23.1 Å². The minimum absolute atomic E-state index is 0.852. The van der Waals surface area contributed by atoms with E-state index in [9.17, 15) is 0 Å². The van der Waals surface area contributed by atoms with Crippen LogP contribution in [0.3, 0.4) is 0 Å². The zero-order valence-electron chi connectivity index (χ0n) is 18.7. The summed E-state index contributed by atoms with van der Waals surface area (Å²) in [6, 6.07) is 25.0. The molecule has 8 heteroatoms. The molecule has 3 aromatic heterocycles. The highest BCUT2D eigenvalue weighted by molar-refractivity contribution is 7.58. The van der Waals surface area contributed by atoms with Crippen LogP contribution in [-0.4, -0.2) is 18.7 Å². The number of fused-ring (bicyclic) bond motifs is 2. The van der Waals surface area contributed by atoms with Gasteiger partial charge in [0, 0.05) is 35.9 Å². The SMILES string of the molecule is c1cc(-c2ccc(-c3c4c(c(-c5ccc(-c6ccncc6)cc5)c5nsnc35)N=S=N4)cc2)ccn1. The van der Waals surface area contributed by atoms with E-state index in [4.69, 9.17) is 17.5 Å². The molecule has 3 aromatic carbocycles. The predicted molar refractivity (Wildman–Crippen MR) is 146 cm³/mol. The van der Waals surface area contributed by atoms with Crippen molar-refractivity contribution in [1.29, 1.82) is 0 Å². The number of aromatic nitrogens is 4. The van der Waals surface area contributed by atoms with Crippen LogP contribution in [0.15, 0.2) is 106 Å². The predicted octanol–water partition coefficient (Wildman–Crippen LogP) is 7.88. The molecule has 0 unspecified atom stereocenters. The number of hydrogen-bond acceptors (Lipinski definition) is 7. The summed E-state index contributed by atoms with van der Waals surface area (Å²) in [6.45, 7) is 0. The zero-order chi connectivity index (χ0) is 23.9. The monoisotopic (exact) mass is 500 g/mol. The summed E-state index contributed by atoms with van der Waals surface area (Å²) in [5, 5.41) is 0. The third kappa shape index (κ3) is 3.46. The third-order valence-corrected chi connectivity index (χ3v) is 7.36. The van der Waals surface area contributed by atoms with Gasteiger partial charge in [-0.25, -0.2) is 0 Å². The maximum absolute atomic E-state index is 4.71. The van der Waals surface area contributed by atoms with Gasteiger partial charge in [-0.05, 0) is 57.6 Å². The highest BCUT2D eigenvalue weighted by atomic mass is 32.1. The molecular weight excluding hydrogens is 484 g/mol. The summed E-state index contributed by atoms with van der Waals surface area (Å²) in [7, 11) is 0. The molecule has 0 atom stereocenters. The van der Waals surface area contributed by atoms with E-state index in [0.29, 0.717) is 0 Å². The van der Waals surface area contributed by atoms with E-state index in [1.54, 1.807) is 24.8 Å². The maximum atomic E-state index is 4.71. The minimum atomic E-state index is 0.852. The molecule has 7 rings (SSSR count). The highest BCUT2D eigenvalue weighted by Gasteiger charge is 2.26. The van der Waals surface area contributed by atoms with Crippen molar-refractivity contribution in [3.05, 3.63) is 97.6 Å². The summed E-state index contributed by atoms with van der Waals surface area (Å²) in [6.07, 6.45) is 7.22. The second kappa shape index (κ2) is 8.67. The van der Waals surface area contributed by atoms with Gasteiger partial charge in [0.25, 0.3) is 0 Å². The molecule has 0 amide bonds. The van der Waals surface area contributed by atoms with Crippen LogP contribution in [0.5, 0.6) is 0 Å². The fraction of sp³-hybridized carbons (Fsp3) is 0. The number of benzene rings is 3. The molecule has 36 heavy (non-hydrogen) atoms. The first-order valence-corrected chi connectivity index (χ1v) is 12.7. The summed E-state index contributed by atoms with van der Waals surface area (Å²) in [5.74, 6) is 0. The Labute approximate surface area is 214 Å². The smallest absolute Gasteiger partial charge is 0.115 e. The van der Waals surface area contributed by atoms with Crippen molar-refractivity contribution in [1.82, 2.24) is 18.7 Å². The van der Waals surface area contributed by atoms with E-state index < -0.39 is 0 Å². The van der Waals surface area contributed by atoms with Crippen LogP contribution in [0.4, 0.5) is 11.4 Å². The lowest BCUT2D eigenvalue weighted by molar-refractivity contribution is 1.33. The minimum Gasteiger partial charge on any atom is -0.265 e. The van der Waals surface area contributed by atoms with Crippen molar-refractivity contribution < 1.29 is 0 Å². The lowest BCUT2D eigenvalue weighted by Gasteiger charge is -2.13. The number of hydrogen-bond donors (Lipinski definition) is 0. The van der Waals surface area contributed by atoms with E-state index in [1.165, 1.54) is 23.1 Å². The lowest BCUT2D eigenvalue weighted by Crippen LogP contribution is -1.89. The first-order valence-electron chi connectivity index (χ1n) is 11.3. The normalized spacial score (nSPS) is 12.0. The number of rotatable bonds is 4. The van der Waals surface area contributed by atoms with Gasteiger partial charge in [-0.3, -0.25) is 9.97 Å². The van der Waals surface area contributed by atoms with Crippen LogP contribution in [0.1, 0.15) is 0 Å². The Kier molecular flexibility index (Phi) is 5.04. The van der Waals surface area contributed by atoms with Crippen LogP contribution in [-0.2, 0) is 11.4 Å². The first-order chi connectivity index (χ1) is 17.9. The molecule has 0 saturated heterocycles. The molecule has 0 saturated carbocycles. The molecule has 1 aliphatic rings. The summed E-state index contributed by atoms with van der Waals surface area (Å²) >= 11 is 2.44. The van der Waals surface area contributed by atoms with Gasteiger partial charge in [0.2, 0.25) is 0 Å². The molecular formula is C28H16N6S2. The van der Waals surface area contributed by atoms with E-state index in [1.807, 2.05) is 24.3 Å². The Morgan fingerprint density at radius 3 is 1.19 bits per heavy atom. The largest absolute Gasteiger partial charge is 0.265 e. The van der Waals surface area contributed by atoms with Crippen LogP contribution in [0, 0.1) is 0 Å². The second-order valence-corrected chi connectivity index (χ2v) is 9.36. The summed E-state index contributed by atoms with van der Waals surface area (Å²) in [5.41, 5.74) is 12.0. The summed E-state index contributed by atoms with van der Waals surface area (Å²) < 4.78 is 18.8. The lowest BCUT2D eigenvalue weighted by atomic mass is 9.92. The molecule has 6 nitrogen and oxygen atoms in total. The highest BCUT2D eigenvalue weighted by Crippen LogP contribution is 2.51. The topological polar surface area (TPSA) is 76.3 Å². The van der Waals surface area contributed by atoms with Gasteiger partial charge in [-0.2, -0.15) is 17.5 Å². The molecule has 0 radical (unpaired) electrons. The van der Waals surface area contributed by atoms with Crippen LogP contribution in [0.25, 0.3) is 55.5 Å². The quantitative estimate of drug-likeness (QED) is 0.246. The molecule has 4 heterocycles. The Morgan fingerprint density at radius 1 is 0.417 bits per heavy atom. The molecule has 0 spiro atoms. The Hall–Kier alpha value is -4.40. The van der Waals surface area contributed by atoms with Gasteiger partial charge in [0.15, 0.2) is 0 Å². The maximum Gasteiger partial charge on any atom is 0.115 e. The zero-order valence-corrected chi connectivity index (χ0v) is 20.4. The van der Waals surface area contributed by atoms with Gasteiger partial charge in [-0.1, -0.05) is 48.5 Å². The van der Waals surface area contributed by atoms with Gasteiger partial charge < -0.3 is 0 Å². The van der Waals surface area contributed by atoms with Gasteiger partial charge in [-0.15, -0.1) is 0 Å². The molecule has 170 valence electrons. The van der Waals surface area contributed by atoms with E-state index in [2.05, 4.69) is 58.5 Å². The van der Waals surface area contributed by atoms with Crippen molar-refractivity contribution in [2.45, 2.75) is 0 Å². The molecule has 0 N–H and O–H groups in total. The molecule has 1 aliphatic heterocycles. The van der Waals surface area contributed by atoms with Crippen molar-refractivity contribution in [3.8, 4) is 44.5 Å². The second-order valence-electron chi connectivity index (χ2n) is 8.30. The molecule has 6 aromatic rings.